The molecule has 0 bridgehead atoms. The number of carbonyl (C=O) groups is 1. The highest BCUT2D eigenvalue weighted by Crippen LogP contribution is 2.27. The minimum absolute atomic E-state index is 0.0811. The first-order chi connectivity index (χ1) is 11.6. The van der Waals surface area contributed by atoms with E-state index in [1.165, 1.54) is 16.7 Å². The zero-order chi connectivity index (χ0) is 17.1. The van der Waals surface area contributed by atoms with Crippen LogP contribution in [0.4, 0.5) is 5.69 Å². The van der Waals surface area contributed by atoms with E-state index in [4.69, 9.17) is 0 Å². The molecule has 0 fully saturated rings. The van der Waals surface area contributed by atoms with Gasteiger partial charge in [0.1, 0.15) is 6.04 Å². The molecule has 3 rings (SSSR count). The predicted octanol–water partition coefficient (Wildman–Crippen LogP) is 2.99. The minimum atomic E-state index is -0.0811. The SMILES string of the molecule is CC[C@@H]([NH2+][C@@H](C)C(=O)N1CCc2ccccc21)c1ccc(C)cc1. The average molecular weight is 323 g/mol. The first kappa shape index (κ1) is 16.7. The van der Waals surface area contributed by atoms with Gasteiger partial charge >= 0.3 is 0 Å². The van der Waals surface area contributed by atoms with Crippen LogP contribution in [0.2, 0.25) is 0 Å². The monoisotopic (exact) mass is 323 g/mol. The summed E-state index contributed by atoms with van der Waals surface area (Å²) in [6, 6.07) is 17.1. The smallest absolute Gasteiger partial charge is 0.284 e. The summed E-state index contributed by atoms with van der Waals surface area (Å²) in [5, 5.41) is 2.22. The highest BCUT2D eigenvalue weighted by atomic mass is 16.2. The number of amides is 1. The van der Waals surface area contributed by atoms with Gasteiger partial charge in [0, 0.05) is 24.2 Å². The van der Waals surface area contributed by atoms with Gasteiger partial charge < -0.3 is 10.2 Å². The molecule has 0 saturated heterocycles. The molecule has 0 saturated carbocycles. The van der Waals surface area contributed by atoms with Crippen LogP contribution >= 0.6 is 0 Å². The van der Waals surface area contributed by atoms with E-state index in [0.29, 0.717) is 6.04 Å². The van der Waals surface area contributed by atoms with E-state index < -0.39 is 0 Å². The summed E-state index contributed by atoms with van der Waals surface area (Å²) < 4.78 is 0. The molecule has 1 amide bonds. The molecule has 0 radical (unpaired) electrons. The maximum absolute atomic E-state index is 12.9. The Kier molecular flexibility index (Phi) is 5.00. The fourth-order valence-electron chi connectivity index (χ4n) is 3.54. The van der Waals surface area contributed by atoms with Crippen molar-refractivity contribution in [1.29, 1.82) is 0 Å². The second-order valence-electron chi connectivity index (χ2n) is 6.78. The Morgan fingerprint density at radius 3 is 2.58 bits per heavy atom. The van der Waals surface area contributed by atoms with Crippen LogP contribution in [0, 0.1) is 6.92 Å². The van der Waals surface area contributed by atoms with E-state index in [0.717, 1.165) is 25.1 Å². The van der Waals surface area contributed by atoms with Gasteiger partial charge in [-0.25, -0.2) is 0 Å². The van der Waals surface area contributed by atoms with Crippen molar-refractivity contribution in [1.82, 2.24) is 0 Å². The molecule has 1 heterocycles. The molecule has 3 heteroatoms. The van der Waals surface area contributed by atoms with Crippen molar-refractivity contribution in [2.45, 2.75) is 45.7 Å². The van der Waals surface area contributed by atoms with Crippen molar-refractivity contribution in [2.24, 2.45) is 0 Å². The maximum Gasteiger partial charge on any atom is 0.284 e. The van der Waals surface area contributed by atoms with Crippen molar-refractivity contribution in [3.63, 3.8) is 0 Å². The van der Waals surface area contributed by atoms with Crippen molar-refractivity contribution >= 4 is 11.6 Å². The molecule has 0 spiro atoms. The molecule has 2 atom stereocenters. The largest absolute Gasteiger partial charge is 0.330 e. The Morgan fingerprint density at radius 2 is 1.88 bits per heavy atom. The topological polar surface area (TPSA) is 36.9 Å². The fourth-order valence-corrected chi connectivity index (χ4v) is 3.54. The van der Waals surface area contributed by atoms with Gasteiger partial charge in [0.2, 0.25) is 0 Å². The minimum Gasteiger partial charge on any atom is -0.330 e. The number of hydrogen-bond acceptors (Lipinski definition) is 1. The van der Waals surface area contributed by atoms with E-state index in [1.54, 1.807) is 0 Å². The Bertz CT molecular complexity index is 708. The Balaban J connectivity index is 1.71. The van der Waals surface area contributed by atoms with Gasteiger partial charge in [0.05, 0.1) is 0 Å². The van der Waals surface area contributed by atoms with Crippen LogP contribution in [0.25, 0.3) is 0 Å². The molecule has 126 valence electrons. The number of carbonyl (C=O) groups excluding carboxylic acids is 1. The first-order valence-corrected chi connectivity index (χ1v) is 8.91. The normalized spacial score (nSPS) is 15.9. The number of quaternary nitrogens is 1. The molecule has 1 aliphatic rings. The van der Waals surface area contributed by atoms with E-state index in [9.17, 15) is 4.79 Å². The molecule has 2 aromatic rings. The number of para-hydroxylation sites is 1. The van der Waals surface area contributed by atoms with Gasteiger partial charge in [-0.2, -0.15) is 0 Å². The lowest BCUT2D eigenvalue weighted by Crippen LogP contribution is -2.92. The van der Waals surface area contributed by atoms with E-state index in [2.05, 4.69) is 55.6 Å². The molecule has 0 aliphatic carbocycles. The third kappa shape index (κ3) is 3.36. The molecular formula is C21H27N2O+. The fraction of sp³-hybridized carbons (Fsp3) is 0.381. The third-order valence-electron chi connectivity index (χ3n) is 5.01. The van der Waals surface area contributed by atoms with E-state index in [-0.39, 0.29) is 11.9 Å². The number of aryl methyl sites for hydroxylation is 1. The van der Waals surface area contributed by atoms with Crippen LogP contribution in [0.1, 0.15) is 43.0 Å². The van der Waals surface area contributed by atoms with Gasteiger partial charge in [-0.1, -0.05) is 55.0 Å². The Hall–Kier alpha value is -2.13. The van der Waals surface area contributed by atoms with Crippen LogP contribution in [-0.4, -0.2) is 18.5 Å². The lowest BCUT2D eigenvalue weighted by atomic mass is 10.0. The lowest BCUT2D eigenvalue weighted by molar-refractivity contribution is -0.713. The standard InChI is InChI=1S/C21H26N2O/c1-4-19(17-11-9-15(2)10-12-17)22-16(3)21(24)23-14-13-18-7-5-6-8-20(18)23/h5-12,16,19,22H,4,13-14H2,1-3H3/p+1/t16-,19+/m0/s1. The molecule has 0 unspecified atom stereocenters. The van der Waals surface area contributed by atoms with Crippen molar-refractivity contribution in [3.8, 4) is 0 Å². The summed E-state index contributed by atoms with van der Waals surface area (Å²) in [5.41, 5.74) is 4.94. The Morgan fingerprint density at radius 1 is 1.17 bits per heavy atom. The van der Waals surface area contributed by atoms with Gasteiger partial charge in [-0.3, -0.25) is 4.79 Å². The number of hydrogen-bond donors (Lipinski definition) is 1. The number of fused-ring (bicyclic) bond motifs is 1. The number of anilines is 1. The third-order valence-corrected chi connectivity index (χ3v) is 5.01. The number of benzene rings is 2. The number of rotatable bonds is 5. The number of nitrogens with zero attached hydrogens (tertiary/aromatic N) is 1. The predicted molar refractivity (Wildman–Crippen MR) is 98.1 cm³/mol. The van der Waals surface area contributed by atoms with Gasteiger partial charge in [-0.05, 0) is 31.9 Å². The summed E-state index contributed by atoms with van der Waals surface area (Å²) in [5.74, 6) is 0.213. The molecule has 2 aromatic carbocycles. The van der Waals surface area contributed by atoms with Crippen molar-refractivity contribution < 1.29 is 10.1 Å². The zero-order valence-electron chi connectivity index (χ0n) is 14.8. The average Bonchev–Trinajstić information content (AvgIpc) is 3.03. The second kappa shape index (κ2) is 7.18. The van der Waals surface area contributed by atoms with E-state index >= 15 is 0 Å². The summed E-state index contributed by atoms with van der Waals surface area (Å²) in [4.78, 5) is 14.9. The van der Waals surface area contributed by atoms with Crippen LogP contribution in [0.15, 0.2) is 48.5 Å². The summed E-state index contributed by atoms with van der Waals surface area (Å²) in [6.45, 7) is 7.12. The molecule has 0 aromatic heterocycles. The highest BCUT2D eigenvalue weighted by Gasteiger charge is 2.31. The summed E-state index contributed by atoms with van der Waals surface area (Å²) in [6.07, 6.45) is 1.97. The van der Waals surface area contributed by atoms with Crippen LogP contribution in [-0.2, 0) is 11.2 Å². The molecule has 3 nitrogen and oxygen atoms in total. The van der Waals surface area contributed by atoms with Crippen molar-refractivity contribution in [2.75, 3.05) is 11.4 Å². The van der Waals surface area contributed by atoms with Crippen LogP contribution < -0.4 is 10.2 Å². The first-order valence-electron chi connectivity index (χ1n) is 8.91. The molecule has 24 heavy (non-hydrogen) atoms. The van der Waals surface area contributed by atoms with Gasteiger partial charge in [0.15, 0.2) is 6.04 Å². The van der Waals surface area contributed by atoms with E-state index in [1.807, 2.05) is 24.0 Å². The molecular weight excluding hydrogens is 296 g/mol. The lowest BCUT2D eigenvalue weighted by Gasteiger charge is -2.24. The Labute approximate surface area is 144 Å². The van der Waals surface area contributed by atoms with Gasteiger partial charge in [0.25, 0.3) is 5.91 Å². The van der Waals surface area contributed by atoms with Crippen LogP contribution in [0.5, 0.6) is 0 Å². The van der Waals surface area contributed by atoms with Crippen LogP contribution in [0.3, 0.4) is 0 Å². The maximum atomic E-state index is 12.9. The van der Waals surface area contributed by atoms with Crippen molar-refractivity contribution in [3.05, 3.63) is 65.2 Å². The number of nitrogens with two attached hydrogens (primary N) is 1. The second-order valence-corrected chi connectivity index (χ2v) is 6.78. The van der Waals surface area contributed by atoms with Gasteiger partial charge in [-0.15, -0.1) is 0 Å². The quantitative estimate of drug-likeness (QED) is 0.902. The highest BCUT2D eigenvalue weighted by molar-refractivity contribution is 5.97. The molecule has 2 N–H and O–H groups in total. The summed E-state index contributed by atoms with van der Waals surface area (Å²) >= 11 is 0. The zero-order valence-corrected chi connectivity index (χ0v) is 14.8. The molecule has 1 aliphatic heterocycles. The summed E-state index contributed by atoms with van der Waals surface area (Å²) in [7, 11) is 0.